The first-order chi connectivity index (χ1) is 8.20. The molecule has 1 aliphatic heterocycles. The highest BCUT2D eigenvalue weighted by Gasteiger charge is 2.31. The standard InChI is InChI=1S/C15H24N2/c1-4-12-6-5-7-13-15(12)16-14-9-10(2)8-11(3)17(13)14/h10-12H,4-9H2,1-3H3. The normalized spacial score (nSPS) is 32.1. The topological polar surface area (TPSA) is 17.8 Å². The van der Waals surface area contributed by atoms with E-state index >= 15 is 0 Å². The summed E-state index contributed by atoms with van der Waals surface area (Å²) in [6.07, 6.45) is 7.74. The van der Waals surface area contributed by atoms with Crippen molar-refractivity contribution in [3.63, 3.8) is 0 Å². The summed E-state index contributed by atoms with van der Waals surface area (Å²) < 4.78 is 2.58. The van der Waals surface area contributed by atoms with Gasteiger partial charge in [0.1, 0.15) is 5.82 Å². The van der Waals surface area contributed by atoms with Gasteiger partial charge in [-0.3, -0.25) is 0 Å². The maximum atomic E-state index is 5.01. The van der Waals surface area contributed by atoms with E-state index in [1.165, 1.54) is 50.0 Å². The van der Waals surface area contributed by atoms with Crippen LogP contribution in [0.4, 0.5) is 0 Å². The SMILES string of the molecule is CCC1CCCc2c1nc1n2C(C)CC(C)C1. The molecule has 0 radical (unpaired) electrons. The molecule has 0 amide bonds. The van der Waals surface area contributed by atoms with Gasteiger partial charge in [0.25, 0.3) is 0 Å². The van der Waals surface area contributed by atoms with Crippen molar-refractivity contribution in [1.82, 2.24) is 9.55 Å². The van der Waals surface area contributed by atoms with Crippen molar-refractivity contribution in [3.8, 4) is 0 Å². The highest BCUT2D eigenvalue weighted by Crippen LogP contribution is 2.38. The Hall–Kier alpha value is -0.790. The third-order valence-corrected chi connectivity index (χ3v) is 4.68. The van der Waals surface area contributed by atoms with Crippen LogP contribution in [-0.2, 0) is 12.8 Å². The molecule has 2 heterocycles. The van der Waals surface area contributed by atoms with Crippen molar-refractivity contribution in [2.75, 3.05) is 0 Å². The number of hydrogen-bond acceptors (Lipinski definition) is 1. The lowest BCUT2D eigenvalue weighted by molar-refractivity contribution is 0.334. The number of rotatable bonds is 1. The molecule has 0 bridgehead atoms. The smallest absolute Gasteiger partial charge is 0.109 e. The van der Waals surface area contributed by atoms with Crippen LogP contribution < -0.4 is 0 Å². The van der Waals surface area contributed by atoms with Crippen LogP contribution >= 0.6 is 0 Å². The number of nitrogens with zero attached hydrogens (tertiary/aromatic N) is 2. The molecule has 3 atom stereocenters. The first-order valence-corrected chi connectivity index (χ1v) is 7.30. The fourth-order valence-electron chi connectivity index (χ4n) is 3.91. The maximum absolute atomic E-state index is 5.01. The van der Waals surface area contributed by atoms with Gasteiger partial charge >= 0.3 is 0 Å². The summed E-state index contributed by atoms with van der Waals surface area (Å²) in [5, 5.41) is 0. The second-order valence-electron chi connectivity index (χ2n) is 6.12. The summed E-state index contributed by atoms with van der Waals surface area (Å²) in [7, 11) is 0. The second-order valence-corrected chi connectivity index (χ2v) is 6.12. The van der Waals surface area contributed by atoms with Crippen LogP contribution in [0.1, 0.15) is 75.6 Å². The molecular formula is C15H24N2. The van der Waals surface area contributed by atoms with E-state index < -0.39 is 0 Å². The Morgan fingerprint density at radius 1 is 1.35 bits per heavy atom. The van der Waals surface area contributed by atoms with Crippen LogP contribution in [-0.4, -0.2) is 9.55 Å². The van der Waals surface area contributed by atoms with Crippen LogP contribution in [0, 0.1) is 5.92 Å². The minimum Gasteiger partial charge on any atom is -0.329 e. The van der Waals surface area contributed by atoms with Gasteiger partial charge in [0.15, 0.2) is 0 Å². The zero-order valence-electron chi connectivity index (χ0n) is 11.4. The lowest BCUT2D eigenvalue weighted by Crippen LogP contribution is -2.23. The van der Waals surface area contributed by atoms with E-state index in [0.29, 0.717) is 6.04 Å². The second kappa shape index (κ2) is 4.15. The molecule has 0 aromatic carbocycles. The van der Waals surface area contributed by atoms with E-state index in [0.717, 1.165) is 11.8 Å². The van der Waals surface area contributed by atoms with Gasteiger partial charge < -0.3 is 4.57 Å². The van der Waals surface area contributed by atoms with Crippen molar-refractivity contribution in [1.29, 1.82) is 0 Å². The summed E-state index contributed by atoms with van der Waals surface area (Å²) in [5.41, 5.74) is 3.03. The summed E-state index contributed by atoms with van der Waals surface area (Å²) in [5.74, 6) is 2.92. The number of fused-ring (bicyclic) bond motifs is 3. The van der Waals surface area contributed by atoms with Crippen molar-refractivity contribution in [3.05, 3.63) is 17.2 Å². The maximum Gasteiger partial charge on any atom is 0.109 e. The molecule has 1 aromatic heterocycles. The third-order valence-electron chi connectivity index (χ3n) is 4.68. The molecule has 1 aromatic rings. The van der Waals surface area contributed by atoms with Crippen LogP contribution in [0.15, 0.2) is 0 Å². The number of hydrogen-bond donors (Lipinski definition) is 0. The summed E-state index contributed by atoms with van der Waals surface area (Å²) >= 11 is 0. The molecule has 0 saturated carbocycles. The van der Waals surface area contributed by atoms with E-state index in [1.807, 2.05) is 0 Å². The Morgan fingerprint density at radius 3 is 2.94 bits per heavy atom. The van der Waals surface area contributed by atoms with E-state index in [4.69, 9.17) is 4.98 Å². The third kappa shape index (κ3) is 1.73. The quantitative estimate of drug-likeness (QED) is 0.719. The summed E-state index contributed by atoms with van der Waals surface area (Å²) in [6, 6.07) is 0.667. The Labute approximate surface area is 104 Å². The minimum absolute atomic E-state index is 0.667. The predicted molar refractivity (Wildman–Crippen MR) is 70.4 cm³/mol. The van der Waals surface area contributed by atoms with E-state index in [2.05, 4.69) is 25.3 Å². The molecule has 0 spiro atoms. The number of imidazole rings is 1. The van der Waals surface area contributed by atoms with E-state index in [1.54, 1.807) is 5.69 Å². The lowest BCUT2D eigenvalue weighted by atomic mass is 9.87. The predicted octanol–water partition coefficient (Wildman–Crippen LogP) is 3.86. The van der Waals surface area contributed by atoms with Crippen LogP contribution in [0.3, 0.4) is 0 Å². The molecule has 94 valence electrons. The summed E-state index contributed by atoms with van der Waals surface area (Å²) in [6.45, 7) is 7.05. The van der Waals surface area contributed by atoms with Crippen molar-refractivity contribution >= 4 is 0 Å². The zero-order valence-corrected chi connectivity index (χ0v) is 11.4. The molecule has 2 heteroatoms. The zero-order chi connectivity index (χ0) is 12.0. The molecule has 17 heavy (non-hydrogen) atoms. The van der Waals surface area contributed by atoms with Gasteiger partial charge in [-0.05, 0) is 44.9 Å². The van der Waals surface area contributed by atoms with Crippen molar-refractivity contribution in [2.45, 2.75) is 71.3 Å². The summed E-state index contributed by atoms with van der Waals surface area (Å²) in [4.78, 5) is 5.01. The fourth-order valence-corrected chi connectivity index (χ4v) is 3.91. The van der Waals surface area contributed by atoms with Crippen LogP contribution in [0.25, 0.3) is 0 Å². The van der Waals surface area contributed by atoms with Gasteiger partial charge in [-0.2, -0.15) is 0 Å². The Bertz CT molecular complexity index is 419. The molecule has 0 fully saturated rings. The molecule has 3 rings (SSSR count). The first kappa shape index (κ1) is 11.3. The molecule has 3 unspecified atom stereocenters. The van der Waals surface area contributed by atoms with Gasteiger partial charge in [0.2, 0.25) is 0 Å². The molecule has 2 nitrogen and oxygen atoms in total. The number of aromatic nitrogens is 2. The Balaban J connectivity index is 2.07. The molecule has 1 aliphatic carbocycles. The fraction of sp³-hybridized carbons (Fsp3) is 0.800. The largest absolute Gasteiger partial charge is 0.329 e. The van der Waals surface area contributed by atoms with Gasteiger partial charge in [-0.15, -0.1) is 0 Å². The Kier molecular flexibility index (Phi) is 2.76. The molecule has 2 aliphatic rings. The highest BCUT2D eigenvalue weighted by atomic mass is 15.1. The average molecular weight is 232 g/mol. The van der Waals surface area contributed by atoms with E-state index in [9.17, 15) is 0 Å². The highest BCUT2D eigenvalue weighted by molar-refractivity contribution is 5.26. The average Bonchev–Trinajstić information content (AvgIpc) is 2.66. The molecule has 0 N–H and O–H groups in total. The van der Waals surface area contributed by atoms with E-state index in [-0.39, 0.29) is 0 Å². The molecular weight excluding hydrogens is 208 g/mol. The monoisotopic (exact) mass is 232 g/mol. The van der Waals surface area contributed by atoms with Gasteiger partial charge in [-0.25, -0.2) is 4.98 Å². The van der Waals surface area contributed by atoms with Crippen molar-refractivity contribution < 1.29 is 0 Å². The molecule has 0 saturated heterocycles. The van der Waals surface area contributed by atoms with Crippen molar-refractivity contribution in [2.24, 2.45) is 5.92 Å². The van der Waals surface area contributed by atoms with Gasteiger partial charge in [-0.1, -0.05) is 13.8 Å². The lowest BCUT2D eigenvalue weighted by Gasteiger charge is -2.29. The van der Waals surface area contributed by atoms with Gasteiger partial charge in [0, 0.05) is 24.1 Å². The Morgan fingerprint density at radius 2 is 2.18 bits per heavy atom. The van der Waals surface area contributed by atoms with Gasteiger partial charge in [0.05, 0.1) is 5.69 Å². The first-order valence-electron chi connectivity index (χ1n) is 7.30. The minimum atomic E-state index is 0.667. The van der Waals surface area contributed by atoms with Crippen LogP contribution in [0.2, 0.25) is 0 Å². The van der Waals surface area contributed by atoms with Crippen LogP contribution in [0.5, 0.6) is 0 Å².